The smallest absolute Gasteiger partial charge is 0.306 e. The molecule has 92 valence electrons. The fraction of sp³-hybridized carbons (Fsp3) is 0.200. The van der Waals surface area contributed by atoms with E-state index in [0.717, 1.165) is 0 Å². The minimum Gasteiger partial charge on any atom is -0.306 e. The third-order valence-electron chi connectivity index (χ3n) is 1.80. The summed E-state index contributed by atoms with van der Waals surface area (Å²) >= 11 is 17.1. The van der Waals surface area contributed by atoms with E-state index in [0.29, 0.717) is 10.7 Å². The van der Waals surface area contributed by atoms with Crippen LogP contribution in [0.4, 0.5) is 10.5 Å². The Kier molecular flexibility index (Phi) is 5.05. The van der Waals surface area contributed by atoms with Crippen molar-refractivity contribution in [2.24, 2.45) is 0 Å². The van der Waals surface area contributed by atoms with E-state index in [2.05, 4.69) is 10.6 Å². The van der Waals surface area contributed by atoms with Crippen LogP contribution in [0.2, 0.25) is 10.0 Å². The first-order valence-corrected chi connectivity index (χ1v) is 5.81. The van der Waals surface area contributed by atoms with Gasteiger partial charge in [0.25, 0.3) is 0 Å². The topological polar surface area (TPSA) is 58.2 Å². The van der Waals surface area contributed by atoms with E-state index in [-0.39, 0.29) is 5.02 Å². The highest BCUT2D eigenvalue weighted by atomic mass is 35.5. The number of carbonyl (C=O) groups is 2. The number of amides is 3. The lowest BCUT2D eigenvalue weighted by atomic mass is 10.3. The summed E-state index contributed by atoms with van der Waals surface area (Å²) in [7, 11) is 0. The Morgan fingerprint density at radius 2 is 1.94 bits per heavy atom. The summed E-state index contributed by atoms with van der Waals surface area (Å²) in [4.78, 5) is 22.5. The summed E-state index contributed by atoms with van der Waals surface area (Å²) in [6, 6.07) is 4.05. The summed E-state index contributed by atoms with van der Waals surface area (Å²) in [5.41, 5.74) is 0.312. The van der Waals surface area contributed by atoms with Gasteiger partial charge in [0.15, 0.2) is 0 Å². The van der Waals surface area contributed by atoms with Crippen molar-refractivity contribution < 1.29 is 9.59 Å². The van der Waals surface area contributed by atoms with Crippen LogP contribution in [0.15, 0.2) is 18.2 Å². The van der Waals surface area contributed by atoms with Gasteiger partial charge < -0.3 is 5.32 Å². The predicted molar refractivity (Wildman–Crippen MR) is 68.9 cm³/mol. The molecule has 1 aromatic rings. The van der Waals surface area contributed by atoms with Crippen molar-refractivity contribution in [1.29, 1.82) is 0 Å². The zero-order chi connectivity index (χ0) is 13.0. The summed E-state index contributed by atoms with van der Waals surface area (Å²) < 4.78 is 0. The van der Waals surface area contributed by atoms with Gasteiger partial charge in [-0.05, 0) is 19.1 Å². The van der Waals surface area contributed by atoms with Gasteiger partial charge in [0, 0.05) is 0 Å². The summed E-state index contributed by atoms with van der Waals surface area (Å²) in [5.74, 6) is -0.595. The van der Waals surface area contributed by atoms with Crippen molar-refractivity contribution in [1.82, 2.24) is 5.32 Å². The number of alkyl halides is 1. The molecule has 17 heavy (non-hydrogen) atoms. The van der Waals surface area contributed by atoms with Gasteiger partial charge in [0.2, 0.25) is 5.91 Å². The Hall–Kier alpha value is -0.970. The molecule has 0 aromatic heterocycles. The minimum atomic E-state index is -0.796. The van der Waals surface area contributed by atoms with E-state index in [1.54, 1.807) is 18.2 Å². The third kappa shape index (κ3) is 4.07. The molecule has 1 atom stereocenters. The Labute approximate surface area is 113 Å². The van der Waals surface area contributed by atoms with Crippen LogP contribution in [-0.2, 0) is 4.79 Å². The molecular weight excluding hydrogens is 286 g/mol. The molecule has 1 rings (SSSR count). The van der Waals surface area contributed by atoms with Crippen LogP contribution < -0.4 is 10.6 Å². The minimum absolute atomic E-state index is 0.204. The molecule has 3 amide bonds. The largest absolute Gasteiger partial charge is 0.325 e. The van der Waals surface area contributed by atoms with E-state index in [4.69, 9.17) is 34.8 Å². The van der Waals surface area contributed by atoms with Gasteiger partial charge in [-0.15, -0.1) is 11.6 Å². The second-order valence-corrected chi connectivity index (χ2v) is 4.60. The number of imide groups is 1. The molecule has 0 radical (unpaired) electrons. The van der Waals surface area contributed by atoms with Crippen LogP contribution in [0.1, 0.15) is 6.92 Å². The molecule has 1 aromatic carbocycles. The van der Waals surface area contributed by atoms with Gasteiger partial charge in [-0.2, -0.15) is 0 Å². The number of nitrogens with one attached hydrogen (secondary N) is 2. The summed E-state index contributed by atoms with van der Waals surface area (Å²) in [6.45, 7) is 1.45. The van der Waals surface area contributed by atoms with Crippen molar-refractivity contribution in [3.63, 3.8) is 0 Å². The highest BCUT2D eigenvalue weighted by Crippen LogP contribution is 2.29. The maximum absolute atomic E-state index is 11.4. The number of benzene rings is 1. The maximum Gasteiger partial charge on any atom is 0.325 e. The number of rotatable bonds is 2. The Morgan fingerprint density at radius 3 is 2.53 bits per heavy atom. The average Bonchev–Trinajstić information content (AvgIpc) is 2.24. The van der Waals surface area contributed by atoms with Crippen LogP contribution >= 0.6 is 34.8 Å². The monoisotopic (exact) mass is 294 g/mol. The van der Waals surface area contributed by atoms with Crippen LogP contribution in [0.3, 0.4) is 0 Å². The zero-order valence-corrected chi connectivity index (χ0v) is 11.0. The number of hydrogen-bond acceptors (Lipinski definition) is 2. The Balaban J connectivity index is 2.69. The predicted octanol–water partition coefficient (Wildman–Crippen LogP) is 3.27. The first-order chi connectivity index (χ1) is 7.91. The quantitative estimate of drug-likeness (QED) is 0.823. The van der Waals surface area contributed by atoms with Crippen LogP contribution in [-0.4, -0.2) is 17.3 Å². The summed E-state index contributed by atoms with van der Waals surface area (Å²) in [6.07, 6.45) is 0. The number of halogens is 3. The van der Waals surface area contributed by atoms with Gasteiger partial charge in [-0.1, -0.05) is 29.3 Å². The number of carbonyl (C=O) groups excluding carboxylic acids is 2. The second kappa shape index (κ2) is 6.10. The molecule has 0 saturated carbocycles. The fourth-order valence-corrected chi connectivity index (χ4v) is 1.37. The summed E-state index contributed by atoms with van der Waals surface area (Å²) in [5, 5.41) is 4.16. The van der Waals surface area contributed by atoms with E-state index in [1.165, 1.54) is 6.92 Å². The molecule has 4 nitrogen and oxygen atoms in total. The Morgan fingerprint density at radius 1 is 1.29 bits per heavy atom. The molecule has 0 saturated heterocycles. The highest BCUT2D eigenvalue weighted by molar-refractivity contribution is 6.44. The van der Waals surface area contributed by atoms with Crippen LogP contribution in [0, 0.1) is 0 Å². The third-order valence-corrected chi connectivity index (χ3v) is 2.81. The molecule has 0 heterocycles. The standard InChI is InChI=1S/C10H9Cl3N2O2/c1-5(11)9(16)15-10(17)14-7-4-2-3-6(12)8(7)13/h2-5H,1H3,(H2,14,15,16,17). The first kappa shape index (κ1) is 14.1. The maximum atomic E-state index is 11.4. The highest BCUT2D eigenvalue weighted by Gasteiger charge is 2.14. The van der Waals surface area contributed by atoms with Crippen molar-refractivity contribution >= 4 is 52.4 Å². The molecule has 0 aliphatic rings. The van der Waals surface area contributed by atoms with E-state index in [9.17, 15) is 9.59 Å². The van der Waals surface area contributed by atoms with Crippen molar-refractivity contribution in [3.8, 4) is 0 Å². The molecule has 7 heteroatoms. The van der Waals surface area contributed by atoms with Crippen molar-refractivity contribution in [2.45, 2.75) is 12.3 Å². The molecule has 0 aliphatic heterocycles. The molecule has 0 bridgehead atoms. The lowest BCUT2D eigenvalue weighted by Gasteiger charge is -2.09. The Bertz CT molecular complexity index is 449. The zero-order valence-electron chi connectivity index (χ0n) is 8.76. The fourth-order valence-electron chi connectivity index (χ4n) is 0.965. The molecule has 0 fully saturated rings. The van der Waals surface area contributed by atoms with E-state index < -0.39 is 17.3 Å². The number of urea groups is 1. The van der Waals surface area contributed by atoms with E-state index in [1.807, 2.05) is 0 Å². The van der Waals surface area contributed by atoms with Gasteiger partial charge >= 0.3 is 6.03 Å². The van der Waals surface area contributed by atoms with Gasteiger partial charge in [0.1, 0.15) is 5.38 Å². The molecule has 0 aliphatic carbocycles. The van der Waals surface area contributed by atoms with Crippen LogP contribution in [0.5, 0.6) is 0 Å². The average molecular weight is 296 g/mol. The van der Waals surface area contributed by atoms with Gasteiger partial charge in [-0.25, -0.2) is 4.79 Å². The lowest BCUT2D eigenvalue weighted by molar-refractivity contribution is -0.119. The second-order valence-electron chi connectivity index (χ2n) is 3.16. The van der Waals surface area contributed by atoms with Gasteiger partial charge in [0.05, 0.1) is 15.7 Å². The lowest BCUT2D eigenvalue weighted by Crippen LogP contribution is -2.38. The number of hydrogen-bond donors (Lipinski definition) is 2. The van der Waals surface area contributed by atoms with Crippen molar-refractivity contribution in [2.75, 3.05) is 5.32 Å². The first-order valence-electron chi connectivity index (χ1n) is 4.61. The molecular formula is C10H9Cl3N2O2. The van der Waals surface area contributed by atoms with Crippen molar-refractivity contribution in [3.05, 3.63) is 28.2 Å². The molecule has 1 unspecified atom stereocenters. The van der Waals surface area contributed by atoms with E-state index >= 15 is 0 Å². The normalized spacial score (nSPS) is 11.8. The van der Waals surface area contributed by atoms with Gasteiger partial charge in [-0.3, -0.25) is 10.1 Å². The van der Waals surface area contributed by atoms with Crippen LogP contribution in [0.25, 0.3) is 0 Å². The SMILES string of the molecule is CC(Cl)C(=O)NC(=O)Nc1cccc(Cl)c1Cl. The molecule has 0 spiro atoms. The molecule has 2 N–H and O–H groups in total. The number of anilines is 1.